The van der Waals surface area contributed by atoms with Gasteiger partial charge in [-0.3, -0.25) is 0 Å². The Morgan fingerprint density at radius 1 is 1.25 bits per heavy atom. The Morgan fingerprint density at radius 2 is 1.67 bits per heavy atom. The Labute approximate surface area is 66.5 Å². The van der Waals surface area contributed by atoms with Crippen LogP contribution < -0.4 is 0 Å². The normalized spacial score (nSPS) is 16.2. The summed E-state index contributed by atoms with van der Waals surface area (Å²) >= 11 is 0. The van der Waals surface area contributed by atoms with Gasteiger partial charge in [0.15, 0.2) is 0 Å². The van der Waals surface area contributed by atoms with E-state index in [2.05, 4.69) is 4.74 Å². The standard InChI is InChI=1S/C6H9F5O/c1-5(2,3-7)12-4(8)6(9,10)11/h4H,3H2,1-2H3. The maximum absolute atomic E-state index is 12.1. The van der Waals surface area contributed by atoms with E-state index in [4.69, 9.17) is 0 Å². The third-order valence-corrected chi connectivity index (χ3v) is 1.00. The number of hydrogen-bond acceptors (Lipinski definition) is 1. The Morgan fingerprint density at radius 3 is 1.92 bits per heavy atom. The Bertz CT molecular complexity index is 141. The average Bonchev–Trinajstić information content (AvgIpc) is 1.85. The number of halogens is 5. The first-order chi connectivity index (χ1) is 5.19. The Hall–Kier alpha value is -0.390. The van der Waals surface area contributed by atoms with Crippen LogP contribution in [0.5, 0.6) is 0 Å². The Balaban J connectivity index is 4.09. The predicted molar refractivity (Wildman–Crippen MR) is 32.1 cm³/mol. The van der Waals surface area contributed by atoms with Gasteiger partial charge in [0.25, 0.3) is 6.36 Å². The minimum atomic E-state index is -5.09. The maximum Gasteiger partial charge on any atom is 0.445 e. The number of rotatable bonds is 3. The van der Waals surface area contributed by atoms with Gasteiger partial charge in [0.1, 0.15) is 6.67 Å². The molecule has 0 aromatic rings. The lowest BCUT2D eigenvalue weighted by atomic mass is 10.2. The second-order valence-corrected chi connectivity index (χ2v) is 2.87. The van der Waals surface area contributed by atoms with Gasteiger partial charge < -0.3 is 4.74 Å². The van der Waals surface area contributed by atoms with Crippen LogP contribution in [0.3, 0.4) is 0 Å². The largest absolute Gasteiger partial charge is 0.445 e. The van der Waals surface area contributed by atoms with Crippen LogP contribution in [0.4, 0.5) is 22.0 Å². The monoisotopic (exact) mass is 192 g/mol. The van der Waals surface area contributed by atoms with Crippen LogP contribution in [0.1, 0.15) is 13.8 Å². The van der Waals surface area contributed by atoms with E-state index in [0.717, 1.165) is 13.8 Å². The van der Waals surface area contributed by atoms with Gasteiger partial charge in [-0.05, 0) is 13.8 Å². The third-order valence-electron chi connectivity index (χ3n) is 1.00. The SMILES string of the molecule is CC(C)(CF)OC(F)C(F)(F)F. The van der Waals surface area contributed by atoms with Crippen molar-refractivity contribution in [1.29, 1.82) is 0 Å². The molecule has 0 heterocycles. The second kappa shape index (κ2) is 3.55. The molecule has 0 aliphatic carbocycles. The summed E-state index contributed by atoms with van der Waals surface area (Å²) in [7, 11) is 0. The molecule has 0 fully saturated rings. The van der Waals surface area contributed by atoms with Crippen LogP contribution in [0, 0.1) is 0 Å². The first kappa shape index (κ1) is 11.6. The van der Waals surface area contributed by atoms with Gasteiger partial charge in [-0.25, -0.2) is 8.78 Å². The molecule has 0 rings (SSSR count). The summed E-state index contributed by atoms with van der Waals surface area (Å²) in [5.74, 6) is 0. The summed E-state index contributed by atoms with van der Waals surface area (Å²) in [5.41, 5.74) is -1.74. The fraction of sp³-hybridized carbons (Fsp3) is 1.00. The molecule has 0 amide bonds. The van der Waals surface area contributed by atoms with Crippen LogP contribution in [-0.2, 0) is 4.74 Å². The van der Waals surface area contributed by atoms with Gasteiger partial charge >= 0.3 is 6.18 Å². The summed E-state index contributed by atoms with van der Waals surface area (Å²) in [4.78, 5) is 0. The van der Waals surface area contributed by atoms with Crippen LogP contribution >= 0.6 is 0 Å². The van der Waals surface area contributed by atoms with E-state index < -0.39 is 24.8 Å². The van der Waals surface area contributed by atoms with Crippen molar-refractivity contribution in [3.63, 3.8) is 0 Å². The van der Waals surface area contributed by atoms with Crippen LogP contribution in [0.15, 0.2) is 0 Å². The average molecular weight is 192 g/mol. The van der Waals surface area contributed by atoms with Gasteiger partial charge in [0.2, 0.25) is 0 Å². The van der Waals surface area contributed by atoms with Gasteiger partial charge in [0, 0.05) is 0 Å². The lowest BCUT2D eigenvalue weighted by molar-refractivity contribution is -0.293. The molecule has 0 spiro atoms. The minimum absolute atomic E-state index is 1.03. The van der Waals surface area contributed by atoms with Crippen molar-refractivity contribution in [2.24, 2.45) is 0 Å². The highest BCUT2D eigenvalue weighted by Gasteiger charge is 2.44. The second-order valence-electron chi connectivity index (χ2n) is 2.87. The van der Waals surface area contributed by atoms with E-state index in [1.807, 2.05) is 0 Å². The zero-order chi connectivity index (χ0) is 9.99. The highest BCUT2D eigenvalue weighted by Crippen LogP contribution is 2.27. The molecule has 0 N–H and O–H groups in total. The molecule has 1 atom stereocenters. The minimum Gasteiger partial charge on any atom is -0.332 e. The maximum atomic E-state index is 12.1. The number of hydrogen-bond donors (Lipinski definition) is 0. The molecular weight excluding hydrogens is 183 g/mol. The van der Waals surface area contributed by atoms with E-state index in [1.165, 1.54) is 0 Å². The highest BCUT2D eigenvalue weighted by atomic mass is 19.4. The molecular formula is C6H9F5O. The molecule has 12 heavy (non-hydrogen) atoms. The third kappa shape index (κ3) is 3.85. The molecule has 0 saturated carbocycles. The zero-order valence-corrected chi connectivity index (χ0v) is 6.58. The lowest BCUT2D eigenvalue weighted by Gasteiger charge is -2.24. The smallest absolute Gasteiger partial charge is 0.332 e. The van der Waals surface area contributed by atoms with Gasteiger partial charge in [0.05, 0.1) is 5.60 Å². The molecule has 0 radical (unpaired) electrons. The van der Waals surface area contributed by atoms with Crippen molar-refractivity contribution >= 4 is 0 Å². The van der Waals surface area contributed by atoms with Crippen molar-refractivity contribution in [2.75, 3.05) is 6.67 Å². The van der Waals surface area contributed by atoms with E-state index in [9.17, 15) is 22.0 Å². The van der Waals surface area contributed by atoms with E-state index >= 15 is 0 Å². The summed E-state index contributed by atoms with van der Waals surface area (Å²) in [6, 6.07) is 0. The lowest BCUT2D eigenvalue weighted by Crippen LogP contribution is -2.38. The predicted octanol–water partition coefficient (Wildman–Crippen LogP) is 2.61. The fourth-order valence-corrected chi connectivity index (χ4v) is 0.378. The van der Waals surface area contributed by atoms with Crippen molar-refractivity contribution in [2.45, 2.75) is 32.0 Å². The quantitative estimate of drug-likeness (QED) is 0.624. The van der Waals surface area contributed by atoms with Crippen LogP contribution in [0.2, 0.25) is 0 Å². The van der Waals surface area contributed by atoms with Gasteiger partial charge in [-0.2, -0.15) is 13.2 Å². The van der Waals surface area contributed by atoms with Crippen molar-refractivity contribution in [3.8, 4) is 0 Å². The molecule has 6 heteroatoms. The molecule has 1 nitrogen and oxygen atoms in total. The van der Waals surface area contributed by atoms with Crippen molar-refractivity contribution in [1.82, 2.24) is 0 Å². The van der Waals surface area contributed by atoms with Crippen LogP contribution in [-0.4, -0.2) is 24.8 Å². The van der Waals surface area contributed by atoms with Crippen molar-refractivity contribution in [3.05, 3.63) is 0 Å². The molecule has 0 aromatic heterocycles. The topological polar surface area (TPSA) is 9.23 Å². The number of alkyl halides is 5. The Kier molecular flexibility index (Phi) is 3.44. The molecule has 0 aliphatic rings. The first-order valence-electron chi connectivity index (χ1n) is 3.13. The highest BCUT2D eigenvalue weighted by molar-refractivity contribution is 4.69. The molecule has 0 saturated heterocycles. The van der Waals surface area contributed by atoms with Gasteiger partial charge in [-0.1, -0.05) is 0 Å². The van der Waals surface area contributed by atoms with E-state index in [-0.39, 0.29) is 0 Å². The summed E-state index contributed by atoms with van der Waals surface area (Å²) in [6.45, 7) is 0.889. The molecule has 1 unspecified atom stereocenters. The molecule has 74 valence electrons. The summed E-state index contributed by atoms with van der Waals surface area (Å²) in [5, 5.41) is 0. The molecule has 0 bridgehead atoms. The van der Waals surface area contributed by atoms with Crippen LogP contribution in [0.25, 0.3) is 0 Å². The number of ether oxygens (including phenoxy) is 1. The summed E-state index contributed by atoms with van der Waals surface area (Å²) < 4.78 is 62.2. The fourth-order valence-electron chi connectivity index (χ4n) is 0.378. The van der Waals surface area contributed by atoms with E-state index in [0.29, 0.717) is 0 Å². The van der Waals surface area contributed by atoms with Gasteiger partial charge in [-0.15, -0.1) is 0 Å². The molecule has 0 aliphatic heterocycles. The zero-order valence-electron chi connectivity index (χ0n) is 6.58. The summed E-state index contributed by atoms with van der Waals surface area (Å²) in [6.07, 6.45) is -8.52. The molecule has 0 aromatic carbocycles. The first-order valence-corrected chi connectivity index (χ1v) is 3.13. The van der Waals surface area contributed by atoms with E-state index in [1.54, 1.807) is 0 Å². The van der Waals surface area contributed by atoms with Crippen molar-refractivity contribution < 1.29 is 26.7 Å².